The molecule has 2 amide bonds. The minimum atomic E-state index is -1.65. The number of benzene rings is 8. The van der Waals surface area contributed by atoms with Gasteiger partial charge in [0.1, 0.15) is 28.4 Å². The topological polar surface area (TPSA) is 136 Å². The van der Waals surface area contributed by atoms with Gasteiger partial charge in [-0.1, -0.05) is 153 Å². The number of carbonyl (C=O) groups is 2. The average molecular weight is 991 g/mol. The summed E-state index contributed by atoms with van der Waals surface area (Å²) in [6.45, 7) is 0. The predicted molar refractivity (Wildman–Crippen MR) is 292 cm³/mol. The van der Waals surface area contributed by atoms with Gasteiger partial charge in [0.15, 0.2) is 0 Å². The lowest BCUT2D eigenvalue weighted by Gasteiger charge is -2.43. The van der Waals surface area contributed by atoms with E-state index in [4.69, 9.17) is 18.9 Å². The van der Waals surface area contributed by atoms with Crippen molar-refractivity contribution in [2.75, 3.05) is 28.4 Å². The van der Waals surface area contributed by atoms with Gasteiger partial charge in [-0.05, 0) is 116 Å². The summed E-state index contributed by atoms with van der Waals surface area (Å²) < 4.78 is 22.1. The zero-order valence-electron chi connectivity index (χ0n) is 42.7. The Morgan fingerprint density at radius 1 is 0.432 bits per heavy atom. The summed E-state index contributed by atoms with van der Waals surface area (Å²) in [5, 5.41) is 38.0. The zero-order chi connectivity index (χ0) is 51.7. The largest absolute Gasteiger partial charge is 0.497 e. The van der Waals surface area contributed by atoms with Gasteiger partial charge in [0.2, 0.25) is 11.8 Å². The summed E-state index contributed by atoms with van der Waals surface area (Å²) in [5.74, 6) is 1.75. The highest BCUT2D eigenvalue weighted by molar-refractivity contribution is 6.06. The monoisotopic (exact) mass is 990 g/mol. The number of aliphatic hydroxyl groups is 2. The highest BCUT2D eigenvalue weighted by Gasteiger charge is 2.52. The van der Waals surface area contributed by atoms with Crippen molar-refractivity contribution in [1.82, 2.24) is 10.6 Å². The van der Waals surface area contributed by atoms with Gasteiger partial charge in [-0.3, -0.25) is 9.59 Å². The van der Waals surface area contributed by atoms with E-state index in [0.29, 0.717) is 47.0 Å². The molecule has 0 spiro atoms. The van der Waals surface area contributed by atoms with Crippen LogP contribution in [0.15, 0.2) is 182 Å². The van der Waals surface area contributed by atoms with E-state index < -0.39 is 40.5 Å². The summed E-state index contributed by atoms with van der Waals surface area (Å²) in [4.78, 5) is 32.2. The third kappa shape index (κ3) is 11.1. The Morgan fingerprint density at radius 3 is 1.04 bits per heavy atom. The van der Waals surface area contributed by atoms with E-state index >= 15 is 9.59 Å². The molecule has 10 heteroatoms. The Morgan fingerprint density at radius 2 is 0.730 bits per heavy atom. The molecule has 1 aliphatic carbocycles. The van der Waals surface area contributed by atoms with Crippen molar-refractivity contribution in [1.29, 1.82) is 0 Å². The fraction of sp³-hybridized carbons (Fsp3) is 0.281. The maximum Gasteiger partial charge on any atom is 0.236 e. The SMILES string of the molecule is COc1ccc(CC(O)(Cc2ccc(OC)cc2)[C@@H](NC(=O)C2(C(=O)N[C@@H](c3cccc4ccccc34)C(O)(Cc3ccc(OC)cc3)Cc3ccc(OC)cc3)CCCCC2)c2cccc3ccccc23)cc1. The van der Waals surface area contributed by atoms with Gasteiger partial charge in [0, 0.05) is 25.7 Å². The van der Waals surface area contributed by atoms with Gasteiger partial charge in [0.05, 0.1) is 51.7 Å². The van der Waals surface area contributed by atoms with Crippen molar-refractivity contribution < 1.29 is 38.7 Å². The van der Waals surface area contributed by atoms with Crippen molar-refractivity contribution in [3.63, 3.8) is 0 Å². The van der Waals surface area contributed by atoms with Crippen LogP contribution in [0.4, 0.5) is 0 Å². The minimum absolute atomic E-state index is 0.142. The van der Waals surface area contributed by atoms with E-state index in [-0.39, 0.29) is 38.5 Å². The van der Waals surface area contributed by atoms with Crippen molar-refractivity contribution in [2.24, 2.45) is 5.41 Å². The first-order valence-corrected chi connectivity index (χ1v) is 25.5. The second-order valence-electron chi connectivity index (χ2n) is 19.9. The number of carbonyl (C=O) groups excluding carboxylic acids is 2. The van der Waals surface area contributed by atoms with Gasteiger partial charge < -0.3 is 39.8 Å². The molecule has 2 atom stereocenters. The second kappa shape index (κ2) is 22.6. The lowest BCUT2D eigenvalue weighted by atomic mass is 9.70. The van der Waals surface area contributed by atoms with Crippen molar-refractivity contribution in [3.8, 4) is 23.0 Å². The lowest BCUT2D eigenvalue weighted by molar-refractivity contribution is -0.150. The fourth-order valence-corrected chi connectivity index (χ4v) is 11.2. The number of fused-ring (bicyclic) bond motifs is 2. The molecule has 0 aromatic heterocycles. The van der Waals surface area contributed by atoms with Crippen LogP contribution < -0.4 is 29.6 Å². The minimum Gasteiger partial charge on any atom is -0.497 e. The standard InChI is InChI=1S/C64H66N2O8/c1-71-50-30-22-44(23-31-50)40-63(69,41-45-24-32-51(72-2)33-25-45)58(56-20-12-16-48-14-6-8-18-54(48)56)65-60(67)62(38-10-5-11-39-62)61(68)66-59(57-21-13-17-49-15-7-9-19-55(49)57)64(70,42-46-26-34-52(73-3)35-27-46)43-47-28-36-53(74-4)37-29-47/h6-9,12-37,58-59,69-70H,5,10-11,38-43H2,1-4H3,(H,65,67)(H,66,68)/t58-,59-/m0/s1. The highest BCUT2D eigenvalue weighted by Crippen LogP contribution is 2.44. The Labute approximate surface area is 434 Å². The lowest BCUT2D eigenvalue weighted by Crippen LogP contribution is -2.59. The molecule has 0 radical (unpaired) electrons. The molecule has 1 fully saturated rings. The molecule has 4 N–H and O–H groups in total. The first-order valence-electron chi connectivity index (χ1n) is 25.5. The Kier molecular flexibility index (Phi) is 15.7. The van der Waals surface area contributed by atoms with E-state index in [9.17, 15) is 10.2 Å². The van der Waals surface area contributed by atoms with Crippen molar-refractivity contribution in [2.45, 2.75) is 81.1 Å². The molecule has 1 aliphatic rings. The Bertz CT molecular complexity index is 2850. The van der Waals surface area contributed by atoms with Gasteiger partial charge in [-0.2, -0.15) is 0 Å². The number of ether oxygens (including phenoxy) is 4. The van der Waals surface area contributed by atoms with Crippen LogP contribution in [0.3, 0.4) is 0 Å². The number of methoxy groups -OCH3 is 4. The molecule has 9 rings (SSSR count). The van der Waals surface area contributed by atoms with E-state index in [1.54, 1.807) is 28.4 Å². The number of rotatable bonds is 20. The van der Waals surface area contributed by atoms with Crippen LogP contribution in [0, 0.1) is 5.41 Å². The maximum absolute atomic E-state index is 16.1. The summed E-state index contributed by atoms with van der Waals surface area (Å²) in [5.41, 5.74) is -0.144. The van der Waals surface area contributed by atoms with Crippen LogP contribution in [-0.2, 0) is 35.3 Å². The van der Waals surface area contributed by atoms with Crippen molar-refractivity contribution >= 4 is 33.4 Å². The number of hydrogen-bond acceptors (Lipinski definition) is 8. The molecule has 0 unspecified atom stereocenters. The molecule has 74 heavy (non-hydrogen) atoms. The van der Waals surface area contributed by atoms with Crippen LogP contribution in [0.5, 0.6) is 23.0 Å². The molecule has 0 aliphatic heterocycles. The molecule has 380 valence electrons. The molecule has 8 aromatic carbocycles. The molecule has 0 bridgehead atoms. The van der Waals surface area contributed by atoms with E-state index in [2.05, 4.69) is 10.6 Å². The summed E-state index contributed by atoms with van der Waals surface area (Å²) >= 11 is 0. The smallest absolute Gasteiger partial charge is 0.236 e. The fourth-order valence-electron chi connectivity index (χ4n) is 11.2. The second-order valence-corrected chi connectivity index (χ2v) is 19.9. The molecular weight excluding hydrogens is 925 g/mol. The predicted octanol–water partition coefficient (Wildman–Crippen LogP) is 11.4. The summed E-state index contributed by atoms with van der Waals surface area (Å²) in [6, 6.07) is 56.1. The van der Waals surface area contributed by atoms with Crippen LogP contribution >= 0.6 is 0 Å². The molecule has 10 nitrogen and oxygen atoms in total. The Balaban J connectivity index is 1.17. The van der Waals surface area contributed by atoms with Gasteiger partial charge in [0.25, 0.3) is 0 Å². The summed E-state index contributed by atoms with van der Waals surface area (Å²) in [7, 11) is 6.46. The maximum atomic E-state index is 16.1. The van der Waals surface area contributed by atoms with Crippen LogP contribution in [0.25, 0.3) is 21.5 Å². The number of hydrogen-bond donors (Lipinski definition) is 4. The first-order chi connectivity index (χ1) is 36.0. The molecule has 0 heterocycles. The van der Waals surface area contributed by atoms with E-state index in [1.807, 2.05) is 182 Å². The van der Waals surface area contributed by atoms with E-state index in [0.717, 1.165) is 50.2 Å². The normalized spacial score (nSPS) is 14.4. The number of amides is 2. The third-order valence-corrected chi connectivity index (χ3v) is 15.1. The van der Waals surface area contributed by atoms with Gasteiger partial charge in [-0.25, -0.2) is 0 Å². The summed E-state index contributed by atoms with van der Waals surface area (Å²) in [6.07, 6.45) is 3.20. The third-order valence-electron chi connectivity index (χ3n) is 15.1. The average Bonchev–Trinajstić information content (AvgIpc) is 3.44. The molecule has 8 aromatic rings. The van der Waals surface area contributed by atoms with Gasteiger partial charge in [-0.15, -0.1) is 0 Å². The molecule has 1 saturated carbocycles. The van der Waals surface area contributed by atoms with E-state index in [1.165, 1.54) is 0 Å². The van der Waals surface area contributed by atoms with Gasteiger partial charge >= 0.3 is 0 Å². The first kappa shape index (κ1) is 51.2. The quantitative estimate of drug-likeness (QED) is 0.0555. The van der Waals surface area contributed by atoms with Crippen molar-refractivity contribution in [3.05, 3.63) is 215 Å². The zero-order valence-corrected chi connectivity index (χ0v) is 42.7. The van der Waals surface area contributed by atoms with Crippen LogP contribution in [0.2, 0.25) is 0 Å². The molecule has 0 saturated heterocycles. The highest BCUT2D eigenvalue weighted by atomic mass is 16.5. The van der Waals surface area contributed by atoms with Crippen LogP contribution in [0.1, 0.15) is 77.6 Å². The molecular formula is C64H66N2O8. The van der Waals surface area contributed by atoms with Crippen LogP contribution in [-0.4, -0.2) is 61.7 Å². The Hall–Kier alpha value is -7.66. The number of nitrogens with one attached hydrogen (secondary N) is 2.